The van der Waals surface area contributed by atoms with Crippen molar-refractivity contribution in [3.63, 3.8) is 0 Å². The van der Waals surface area contributed by atoms with Crippen LogP contribution in [0.2, 0.25) is 0 Å². The number of ether oxygens (including phenoxy) is 1. The fourth-order valence-electron chi connectivity index (χ4n) is 1.93. The summed E-state index contributed by atoms with van der Waals surface area (Å²) in [4.78, 5) is 4.42. The van der Waals surface area contributed by atoms with E-state index in [4.69, 9.17) is 16.5 Å². The molecule has 108 valence electrons. The average Bonchev–Trinajstić information content (AvgIpc) is 2.84. The predicted molar refractivity (Wildman–Crippen MR) is 79.7 cm³/mol. The minimum atomic E-state index is -0.718. The number of benzene rings is 1. The molecule has 2 unspecified atom stereocenters. The number of nitrogens with zero attached hydrogens (tertiary/aromatic N) is 2. The predicted octanol–water partition coefficient (Wildman–Crippen LogP) is 3.59. The summed E-state index contributed by atoms with van der Waals surface area (Å²) in [6, 6.07) is 3.53. The van der Waals surface area contributed by atoms with Crippen molar-refractivity contribution < 1.29 is 13.5 Å². The molecule has 1 saturated heterocycles. The summed E-state index contributed by atoms with van der Waals surface area (Å²) in [5, 5.41) is 0. The van der Waals surface area contributed by atoms with Crippen LogP contribution >= 0.6 is 6.85 Å². The highest BCUT2D eigenvalue weighted by Gasteiger charge is 2.32. The second kappa shape index (κ2) is 6.55. The van der Waals surface area contributed by atoms with Gasteiger partial charge in [0.25, 0.3) is 6.85 Å². The van der Waals surface area contributed by atoms with Crippen LogP contribution in [-0.2, 0) is 16.5 Å². The molecule has 0 saturated carbocycles. The van der Waals surface area contributed by atoms with E-state index in [-0.39, 0.29) is 6.04 Å². The minimum absolute atomic E-state index is 0.383. The summed E-state index contributed by atoms with van der Waals surface area (Å²) < 4.78 is 33.9. The van der Waals surface area contributed by atoms with Gasteiger partial charge in [-0.3, -0.25) is 0 Å². The summed E-state index contributed by atoms with van der Waals surface area (Å²) in [5.41, 5.74) is 0.482. The first-order valence-electron chi connectivity index (χ1n) is 6.40. The Balaban J connectivity index is 2.22. The van der Waals surface area contributed by atoms with Crippen molar-refractivity contribution in [2.24, 2.45) is 4.99 Å². The zero-order chi connectivity index (χ0) is 14.7. The molecule has 1 aliphatic rings. The fourth-order valence-corrected chi connectivity index (χ4v) is 3.33. The highest BCUT2D eigenvalue weighted by atomic mass is 32.4. The summed E-state index contributed by atoms with van der Waals surface area (Å²) >= 11 is 5.40. The zero-order valence-electron chi connectivity index (χ0n) is 11.3. The van der Waals surface area contributed by atoms with E-state index in [1.54, 1.807) is 6.92 Å². The standard InChI is InChI=1S/C13H16F2N2OPS/c1-3-19(20)17-4-5-18-13(17)16-9(2)10-6-11(14)8-12(15)7-10/h6-9H,3-5H2,1-2H3/q+1. The molecule has 0 aromatic heterocycles. The second-order valence-electron chi connectivity index (χ2n) is 4.43. The topological polar surface area (TPSA) is 24.8 Å². The minimum Gasteiger partial charge on any atom is -0.461 e. The first-order valence-corrected chi connectivity index (χ1v) is 8.89. The molecule has 1 aromatic carbocycles. The van der Waals surface area contributed by atoms with Crippen LogP contribution in [0.1, 0.15) is 25.5 Å². The number of halogens is 2. The number of hydrogen-bond acceptors (Lipinski definition) is 3. The fraction of sp³-hybridized carbons (Fsp3) is 0.462. The van der Waals surface area contributed by atoms with Crippen molar-refractivity contribution in [2.45, 2.75) is 19.9 Å². The van der Waals surface area contributed by atoms with Gasteiger partial charge in [-0.25, -0.2) is 13.8 Å². The molecule has 7 heteroatoms. The van der Waals surface area contributed by atoms with Crippen LogP contribution in [0.3, 0.4) is 0 Å². The number of aliphatic imine (C=N–C) groups is 1. The van der Waals surface area contributed by atoms with Crippen LogP contribution < -0.4 is 0 Å². The molecule has 0 spiro atoms. The molecule has 0 aliphatic carbocycles. The Bertz CT molecular complexity index is 533. The van der Waals surface area contributed by atoms with Gasteiger partial charge in [0.1, 0.15) is 30.9 Å². The van der Waals surface area contributed by atoms with E-state index in [0.29, 0.717) is 18.2 Å². The molecule has 0 N–H and O–H groups in total. The van der Waals surface area contributed by atoms with Crippen molar-refractivity contribution in [2.75, 3.05) is 19.3 Å². The highest BCUT2D eigenvalue weighted by molar-refractivity contribution is 8.04. The van der Waals surface area contributed by atoms with Gasteiger partial charge < -0.3 is 4.74 Å². The van der Waals surface area contributed by atoms with E-state index in [1.807, 2.05) is 11.6 Å². The molecule has 2 atom stereocenters. The van der Waals surface area contributed by atoms with Gasteiger partial charge in [-0.2, -0.15) is 0 Å². The normalized spacial score (nSPS) is 19.1. The largest absolute Gasteiger partial charge is 0.461 e. The van der Waals surface area contributed by atoms with Crippen molar-refractivity contribution in [1.29, 1.82) is 0 Å². The van der Waals surface area contributed by atoms with Gasteiger partial charge in [0.15, 0.2) is 11.8 Å². The molecule has 0 bridgehead atoms. The lowest BCUT2D eigenvalue weighted by molar-refractivity contribution is 0.349. The van der Waals surface area contributed by atoms with Crippen LogP contribution in [-0.4, -0.2) is 30.0 Å². The van der Waals surface area contributed by atoms with Crippen molar-refractivity contribution in [3.05, 3.63) is 35.4 Å². The van der Waals surface area contributed by atoms with Crippen molar-refractivity contribution >= 4 is 24.7 Å². The van der Waals surface area contributed by atoms with Crippen LogP contribution in [0.25, 0.3) is 0 Å². The monoisotopic (exact) mass is 317 g/mol. The van der Waals surface area contributed by atoms with Gasteiger partial charge in [0, 0.05) is 6.07 Å². The lowest BCUT2D eigenvalue weighted by Gasteiger charge is -2.11. The average molecular weight is 317 g/mol. The molecule has 1 fully saturated rings. The van der Waals surface area contributed by atoms with Gasteiger partial charge in [0.2, 0.25) is 0 Å². The lowest BCUT2D eigenvalue weighted by Crippen LogP contribution is -2.19. The van der Waals surface area contributed by atoms with E-state index < -0.39 is 18.5 Å². The summed E-state index contributed by atoms with van der Waals surface area (Å²) in [6.45, 7) is 4.37. The number of rotatable bonds is 4. The molecule has 2 rings (SSSR count). The third-order valence-corrected chi connectivity index (χ3v) is 5.78. The van der Waals surface area contributed by atoms with Crippen molar-refractivity contribution in [3.8, 4) is 0 Å². The molecule has 1 aliphatic heterocycles. The third kappa shape index (κ3) is 3.49. The first kappa shape index (κ1) is 15.3. The Morgan fingerprint density at radius 3 is 2.65 bits per heavy atom. The van der Waals surface area contributed by atoms with Crippen LogP contribution in [0, 0.1) is 11.6 Å². The van der Waals surface area contributed by atoms with Crippen LogP contribution in [0.5, 0.6) is 0 Å². The van der Waals surface area contributed by atoms with Crippen LogP contribution in [0.4, 0.5) is 8.78 Å². The maximum atomic E-state index is 13.2. The Morgan fingerprint density at radius 1 is 1.40 bits per heavy atom. The maximum absolute atomic E-state index is 13.2. The molecule has 0 amide bonds. The molecular weight excluding hydrogens is 301 g/mol. The van der Waals surface area contributed by atoms with E-state index in [0.717, 1.165) is 18.8 Å². The zero-order valence-corrected chi connectivity index (χ0v) is 13.1. The van der Waals surface area contributed by atoms with Crippen LogP contribution in [0.15, 0.2) is 23.2 Å². The summed E-state index contributed by atoms with van der Waals surface area (Å²) in [5.74, 6) is -1.20. The third-order valence-electron chi connectivity index (χ3n) is 2.97. The summed E-state index contributed by atoms with van der Waals surface area (Å²) in [7, 11) is 0. The molecule has 0 radical (unpaired) electrons. The molecule has 3 nitrogen and oxygen atoms in total. The van der Waals surface area contributed by atoms with E-state index >= 15 is 0 Å². The highest BCUT2D eigenvalue weighted by Crippen LogP contribution is 2.31. The quantitative estimate of drug-likeness (QED) is 0.793. The number of amidine groups is 1. The van der Waals surface area contributed by atoms with Crippen molar-refractivity contribution in [1.82, 2.24) is 4.67 Å². The van der Waals surface area contributed by atoms with Gasteiger partial charge in [-0.15, -0.1) is 4.67 Å². The first-order chi connectivity index (χ1) is 9.51. The number of hydrogen-bond donors (Lipinski definition) is 0. The second-order valence-corrected chi connectivity index (χ2v) is 7.51. The van der Waals surface area contributed by atoms with E-state index in [9.17, 15) is 8.78 Å². The smallest absolute Gasteiger partial charge is 0.327 e. The van der Waals surface area contributed by atoms with Gasteiger partial charge in [0.05, 0.1) is 6.04 Å². The van der Waals surface area contributed by atoms with E-state index in [1.165, 1.54) is 12.1 Å². The van der Waals surface area contributed by atoms with Gasteiger partial charge in [-0.1, -0.05) is 0 Å². The maximum Gasteiger partial charge on any atom is 0.327 e. The Morgan fingerprint density at radius 2 is 2.05 bits per heavy atom. The molecule has 1 aromatic rings. The Labute approximate surface area is 123 Å². The SMILES string of the molecule is CC[P+](=S)N1CCOC1=NC(C)c1cc(F)cc(F)c1. The Kier molecular flexibility index (Phi) is 5.00. The Hall–Kier alpha value is -1.13. The van der Waals surface area contributed by atoms with Gasteiger partial charge >= 0.3 is 6.02 Å². The summed E-state index contributed by atoms with van der Waals surface area (Å²) in [6.07, 6.45) is 0.871. The lowest BCUT2D eigenvalue weighted by atomic mass is 10.1. The molecular formula is C13H16F2N2OPS+. The molecule has 1 heterocycles. The molecule has 20 heavy (non-hydrogen) atoms. The van der Waals surface area contributed by atoms with E-state index in [2.05, 4.69) is 4.99 Å². The van der Waals surface area contributed by atoms with Gasteiger partial charge in [-0.05, 0) is 31.5 Å².